The first-order valence-corrected chi connectivity index (χ1v) is 6.81. The number of benzene rings is 2. The van der Waals surface area contributed by atoms with Crippen LogP contribution in [-0.2, 0) is 0 Å². The van der Waals surface area contributed by atoms with E-state index < -0.39 is 17.4 Å². The summed E-state index contributed by atoms with van der Waals surface area (Å²) in [5.74, 6) is -3.12. The van der Waals surface area contributed by atoms with Gasteiger partial charge in [-0.2, -0.15) is 0 Å². The summed E-state index contributed by atoms with van der Waals surface area (Å²) < 4.78 is 26.5. The maximum atomic E-state index is 13.3. The number of anilines is 1. The standard InChI is InChI=1S/C17H13F2N3O/c18-12-7-11(8-13(19)17(12)23)21-9-14(20)16-6-5-10-3-1-2-4-15(10)22-16/h1-9,21,23H,20H2/b14-9-. The number of phenols is 1. The Balaban J connectivity index is 1.86. The molecule has 23 heavy (non-hydrogen) atoms. The Labute approximate surface area is 130 Å². The van der Waals surface area contributed by atoms with E-state index in [9.17, 15) is 8.78 Å². The van der Waals surface area contributed by atoms with E-state index >= 15 is 0 Å². The molecule has 0 bridgehead atoms. The predicted molar refractivity (Wildman–Crippen MR) is 85.6 cm³/mol. The monoisotopic (exact) mass is 313 g/mol. The van der Waals surface area contributed by atoms with Crippen molar-refractivity contribution in [3.8, 4) is 5.75 Å². The van der Waals surface area contributed by atoms with Gasteiger partial charge < -0.3 is 16.2 Å². The molecule has 0 aliphatic carbocycles. The number of nitrogens with one attached hydrogen (secondary N) is 1. The Kier molecular flexibility index (Phi) is 3.80. The normalized spacial score (nSPS) is 11.7. The van der Waals surface area contributed by atoms with Crippen LogP contribution in [0.15, 0.2) is 54.7 Å². The van der Waals surface area contributed by atoms with Crippen molar-refractivity contribution in [3.05, 3.63) is 72.1 Å². The molecule has 0 aliphatic rings. The molecule has 6 heteroatoms. The van der Waals surface area contributed by atoms with Crippen LogP contribution in [0.3, 0.4) is 0 Å². The SMILES string of the molecule is N/C(=C\Nc1cc(F)c(O)c(F)c1)c1ccc2ccccc2n1. The Hall–Kier alpha value is -3.15. The number of hydrogen-bond donors (Lipinski definition) is 3. The predicted octanol–water partition coefficient (Wildman–Crippen LogP) is 3.59. The molecule has 2 aromatic carbocycles. The van der Waals surface area contributed by atoms with Crippen molar-refractivity contribution in [2.24, 2.45) is 5.73 Å². The maximum Gasteiger partial charge on any atom is 0.187 e. The number of halogens is 2. The highest BCUT2D eigenvalue weighted by Crippen LogP contribution is 2.24. The highest BCUT2D eigenvalue weighted by Gasteiger charge is 2.09. The molecule has 0 unspecified atom stereocenters. The number of rotatable bonds is 3. The molecule has 1 aromatic heterocycles. The lowest BCUT2D eigenvalue weighted by atomic mass is 10.2. The van der Waals surface area contributed by atoms with Gasteiger partial charge >= 0.3 is 0 Å². The molecule has 0 spiro atoms. The molecule has 3 rings (SSSR count). The topological polar surface area (TPSA) is 71.2 Å². The second kappa shape index (κ2) is 5.92. The van der Waals surface area contributed by atoms with Gasteiger partial charge in [0.15, 0.2) is 17.4 Å². The van der Waals surface area contributed by atoms with Crippen LogP contribution in [0.4, 0.5) is 14.5 Å². The van der Waals surface area contributed by atoms with Gasteiger partial charge in [0.1, 0.15) is 0 Å². The molecular weight excluding hydrogens is 300 g/mol. The van der Waals surface area contributed by atoms with Crippen molar-refractivity contribution in [1.82, 2.24) is 4.98 Å². The zero-order valence-electron chi connectivity index (χ0n) is 11.9. The number of hydrogen-bond acceptors (Lipinski definition) is 4. The van der Waals surface area contributed by atoms with E-state index in [1.165, 1.54) is 6.20 Å². The number of aromatic hydroxyl groups is 1. The second-order valence-electron chi connectivity index (χ2n) is 4.92. The molecule has 0 amide bonds. The fourth-order valence-corrected chi connectivity index (χ4v) is 2.11. The van der Waals surface area contributed by atoms with Crippen molar-refractivity contribution >= 4 is 22.3 Å². The summed E-state index contributed by atoms with van der Waals surface area (Å²) in [6.45, 7) is 0. The fraction of sp³-hybridized carbons (Fsp3) is 0. The van der Waals surface area contributed by atoms with Gasteiger partial charge in [-0.15, -0.1) is 0 Å². The summed E-state index contributed by atoms with van der Waals surface area (Å²) >= 11 is 0. The molecule has 4 N–H and O–H groups in total. The van der Waals surface area contributed by atoms with Gasteiger partial charge in [0, 0.05) is 29.4 Å². The number of phenolic OH excluding ortho intramolecular Hbond substituents is 1. The molecule has 0 saturated heterocycles. The smallest absolute Gasteiger partial charge is 0.187 e. The average Bonchev–Trinajstić information content (AvgIpc) is 2.57. The number of nitrogens with two attached hydrogens (primary N) is 1. The Morgan fingerprint density at radius 1 is 1.09 bits per heavy atom. The van der Waals surface area contributed by atoms with Gasteiger partial charge in [0.25, 0.3) is 0 Å². The van der Waals surface area contributed by atoms with Crippen molar-refractivity contribution in [3.63, 3.8) is 0 Å². The minimum Gasteiger partial charge on any atom is -0.503 e. The molecule has 0 aliphatic heterocycles. The first kappa shape index (κ1) is 14.8. The van der Waals surface area contributed by atoms with Crippen LogP contribution in [0, 0.1) is 11.6 Å². The molecule has 0 saturated carbocycles. The molecular formula is C17H13F2N3O. The van der Waals surface area contributed by atoms with Gasteiger partial charge in [-0.3, -0.25) is 0 Å². The van der Waals surface area contributed by atoms with Crippen LogP contribution in [0.2, 0.25) is 0 Å². The van der Waals surface area contributed by atoms with Gasteiger partial charge in [0.05, 0.1) is 16.9 Å². The summed E-state index contributed by atoms with van der Waals surface area (Å²) in [4.78, 5) is 4.42. The minimum atomic E-state index is -1.05. The average molecular weight is 313 g/mol. The van der Waals surface area contributed by atoms with Crippen molar-refractivity contribution < 1.29 is 13.9 Å². The van der Waals surface area contributed by atoms with E-state index in [1.54, 1.807) is 6.07 Å². The van der Waals surface area contributed by atoms with Crippen LogP contribution in [0.5, 0.6) is 5.75 Å². The third-order valence-corrected chi connectivity index (χ3v) is 3.31. The van der Waals surface area contributed by atoms with Crippen LogP contribution in [0.1, 0.15) is 5.69 Å². The van der Waals surface area contributed by atoms with Gasteiger partial charge in [-0.25, -0.2) is 13.8 Å². The van der Waals surface area contributed by atoms with Crippen molar-refractivity contribution in [2.45, 2.75) is 0 Å². The quantitative estimate of drug-likeness (QED) is 0.646. The first-order valence-electron chi connectivity index (χ1n) is 6.81. The third kappa shape index (κ3) is 3.06. The lowest BCUT2D eigenvalue weighted by Gasteiger charge is -2.06. The van der Waals surface area contributed by atoms with Crippen LogP contribution in [0.25, 0.3) is 16.6 Å². The molecule has 0 fully saturated rings. The fourth-order valence-electron chi connectivity index (χ4n) is 2.11. The van der Waals surface area contributed by atoms with E-state index in [0.717, 1.165) is 23.0 Å². The van der Waals surface area contributed by atoms with E-state index in [1.807, 2.05) is 30.3 Å². The van der Waals surface area contributed by atoms with E-state index in [4.69, 9.17) is 10.8 Å². The lowest BCUT2D eigenvalue weighted by molar-refractivity contribution is 0.396. The largest absolute Gasteiger partial charge is 0.503 e. The van der Waals surface area contributed by atoms with Crippen LogP contribution in [-0.4, -0.2) is 10.1 Å². The number of fused-ring (bicyclic) bond motifs is 1. The number of aromatic nitrogens is 1. The summed E-state index contributed by atoms with van der Waals surface area (Å²) in [6.07, 6.45) is 1.39. The first-order chi connectivity index (χ1) is 11.0. The van der Waals surface area contributed by atoms with Crippen LogP contribution >= 0.6 is 0 Å². The van der Waals surface area contributed by atoms with Gasteiger partial charge in [-0.1, -0.05) is 24.3 Å². The molecule has 0 radical (unpaired) electrons. The second-order valence-corrected chi connectivity index (χ2v) is 4.92. The van der Waals surface area contributed by atoms with Gasteiger partial charge in [0.2, 0.25) is 0 Å². The zero-order chi connectivity index (χ0) is 16.4. The Morgan fingerprint density at radius 3 is 2.52 bits per heavy atom. The van der Waals surface area contributed by atoms with E-state index in [2.05, 4.69) is 10.3 Å². The van der Waals surface area contributed by atoms with Crippen LogP contribution < -0.4 is 11.1 Å². The molecule has 0 atom stereocenters. The van der Waals surface area contributed by atoms with Crippen molar-refractivity contribution in [1.29, 1.82) is 0 Å². The highest BCUT2D eigenvalue weighted by atomic mass is 19.1. The number of pyridine rings is 1. The minimum absolute atomic E-state index is 0.126. The third-order valence-electron chi connectivity index (χ3n) is 3.31. The lowest BCUT2D eigenvalue weighted by Crippen LogP contribution is -2.03. The summed E-state index contributed by atoms with van der Waals surface area (Å²) in [5, 5.41) is 12.7. The zero-order valence-corrected chi connectivity index (χ0v) is 11.9. The summed E-state index contributed by atoms with van der Waals surface area (Å²) in [6, 6.07) is 13.2. The molecule has 4 nitrogen and oxygen atoms in total. The number of para-hydroxylation sites is 1. The molecule has 1 heterocycles. The van der Waals surface area contributed by atoms with Gasteiger partial charge in [-0.05, 0) is 12.1 Å². The summed E-state index contributed by atoms with van der Waals surface area (Å²) in [5.41, 5.74) is 7.71. The maximum absolute atomic E-state index is 13.3. The Morgan fingerprint density at radius 2 is 1.78 bits per heavy atom. The molecule has 116 valence electrons. The van der Waals surface area contributed by atoms with E-state index in [0.29, 0.717) is 11.4 Å². The van der Waals surface area contributed by atoms with E-state index in [-0.39, 0.29) is 5.69 Å². The highest BCUT2D eigenvalue weighted by molar-refractivity contribution is 5.80. The summed E-state index contributed by atoms with van der Waals surface area (Å²) in [7, 11) is 0. The van der Waals surface area contributed by atoms with Crippen molar-refractivity contribution in [2.75, 3.05) is 5.32 Å². The molecule has 3 aromatic rings. The number of nitrogens with zero attached hydrogens (tertiary/aromatic N) is 1. The Bertz CT molecular complexity index is 886.